The van der Waals surface area contributed by atoms with Gasteiger partial charge in [-0.25, -0.2) is 4.79 Å². The van der Waals surface area contributed by atoms with Gasteiger partial charge in [-0.1, -0.05) is 39.3 Å². The fourth-order valence-electron chi connectivity index (χ4n) is 7.90. The van der Waals surface area contributed by atoms with Crippen LogP contribution < -0.4 is 20.3 Å². The summed E-state index contributed by atoms with van der Waals surface area (Å²) in [5.41, 5.74) is 1.61. The van der Waals surface area contributed by atoms with Crippen LogP contribution in [0.15, 0.2) is 42.5 Å². The molecule has 0 unspecified atom stereocenters. The quantitative estimate of drug-likeness (QED) is 0.260. The van der Waals surface area contributed by atoms with Crippen LogP contribution in [0.3, 0.4) is 0 Å². The summed E-state index contributed by atoms with van der Waals surface area (Å²) < 4.78 is 17.7. The maximum absolute atomic E-state index is 13.1. The van der Waals surface area contributed by atoms with Crippen molar-refractivity contribution in [3.8, 4) is 11.8 Å². The Hall–Kier alpha value is -3.52. The van der Waals surface area contributed by atoms with E-state index in [-0.39, 0.29) is 41.1 Å². The van der Waals surface area contributed by atoms with E-state index in [1.165, 1.54) is 0 Å². The Bertz CT molecular complexity index is 1440. The van der Waals surface area contributed by atoms with Crippen molar-refractivity contribution in [3.63, 3.8) is 0 Å². The molecule has 0 spiro atoms. The maximum Gasteiger partial charge on any atom is 0.320 e. The third kappa shape index (κ3) is 8.36. The van der Waals surface area contributed by atoms with Gasteiger partial charge >= 0.3 is 12.0 Å². The fraction of sp³-hybridized carbons (Fsp3) is 0.595. The van der Waals surface area contributed by atoms with E-state index in [4.69, 9.17) is 31.1 Å². The molecule has 48 heavy (non-hydrogen) atoms. The third-order valence-corrected chi connectivity index (χ3v) is 10.6. The Morgan fingerprint density at radius 3 is 2.25 bits per heavy atom. The molecule has 3 aliphatic rings. The molecule has 2 aromatic carbocycles. The van der Waals surface area contributed by atoms with E-state index >= 15 is 0 Å². The topological polar surface area (TPSA) is 116 Å². The summed E-state index contributed by atoms with van der Waals surface area (Å²) >= 11 is 6.22. The zero-order chi connectivity index (χ0) is 34.5. The van der Waals surface area contributed by atoms with Gasteiger partial charge in [0.05, 0.1) is 29.8 Å². The molecule has 10 nitrogen and oxygen atoms in total. The average molecular weight is 680 g/mol. The van der Waals surface area contributed by atoms with E-state index in [1.807, 2.05) is 19.1 Å². The van der Waals surface area contributed by atoms with Crippen molar-refractivity contribution < 1.29 is 23.8 Å². The average Bonchev–Trinajstić information content (AvgIpc) is 3.06. The van der Waals surface area contributed by atoms with Gasteiger partial charge < -0.3 is 29.7 Å². The smallest absolute Gasteiger partial charge is 0.320 e. The molecule has 5 rings (SSSR count). The van der Waals surface area contributed by atoms with E-state index in [1.54, 1.807) is 18.2 Å². The van der Waals surface area contributed by atoms with Crippen molar-refractivity contribution in [1.29, 1.82) is 5.26 Å². The third-order valence-electron chi connectivity index (χ3n) is 10.3. The predicted molar refractivity (Wildman–Crippen MR) is 188 cm³/mol. The van der Waals surface area contributed by atoms with Gasteiger partial charge in [-0.05, 0) is 74.9 Å². The molecule has 0 atom stereocenters. The lowest BCUT2D eigenvalue weighted by Crippen LogP contribution is -2.75. The molecule has 1 saturated carbocycles. The number of amides is 2. The molecule has 2 N–H and O–H groups in total. The van der Waals surface area contributed by atoms with Crippen LogP contribution in [0.25, 0.3) is 0 Å². The van der Waals surface area contributed by atoms with Crippen molar-refractivity contribution in [2.75, 3.05) is 56.2 Å². The van der Waals surface area contributed by atoms with Gasteiger partial charge in [0.25, 0.3) is 0 Å². The number of anilines is 2. The SMILES string of the molecule is CCOC(=O)CN1CCC(OCC2CCN(c3ccc(NC(=O)NC4C(C)(C)C(Oc5ccc(C#N)c(Cl)c5)C4(C)C)cc3)CC2)CC1. The molecule has 3 fully saturated rings. The van der Waals surface area contributed by atoms with Crippen LogP contribution in [-0.4, -0.2) is 81.1 Å². The van der Waals surface area contributed by atoms with Crippen LogP contribution in [0.1, 0.15) is 65.9 Å². The summed E-state index contributed by atoms with van der Waals surface area (Å²) in [6, 6.07) is 14.8. The molecule has 11 heteroatoms. The van der Waals surface area contributed by atoms with Crippen LogP contribution in [0.4, 0.5) is 16.2 Å². The summed E-state index contributed by atoms with van der Waals surface area (Å²) in [5.74, 6) is 1.01. The van der Waals surface area contributed by atoms with E-state index < -0.39 is 0 Å². The van der Waals surface area contributed by atoms with Crippen molar-refractivity contribution in [2.45, 2.75) is 78.6 Å². The van der Waals surface area contributed by atoms with Gasteiger partial charge in [0.1, 0.15) is 17.9 Å². The maximum atomic E-state index is 13.1. The number of halogens is 1. The van der Waals surface area contributed by atoms with Gasteiger partial charge in [-0.15, -0.1) is 0 Å². The standard InChI is InChI=1S/C37H50ClN5O5/c1-6-46-32(44)23-42-17-15-29(16-18-42)47-24-25-13-19-43(20-14-25)28-10-8-27(9-11-28)40-35(45)41-33-36(2,3)34(37(33,4)5)48-30-12-7-26(22-39)31(38)21-30/h7-12,21,25,29,33-34H,6,13-20,23-24H2,1-5H3,(H2,40,41,45). The number of nitrogens with zero attached hydrogens (tertiary/aromatic N) is 3. The van der Waals surface area contributed by atoms with Crippen LogP contribution in [-0.2, 0) is 14.3 Å². The lowest BCUT2D eigenvalue weighted by atomic mass is 9.49. The zero-order valence-corrected chi connectivity index (χ0v) is 29.6. The van der Waals surface area contributed by atoms with Gasteiger partial charge in [0, 0.05) is 67.1 Å². The highest BCUT2D eigenvalue weighted by molar-refractivity contribution is 6.31. The summed E-state index contributed by atoms with van der Waals surface area (Å²) in [7, 11) is 0. The number of carbonyl (C=O) groups excluding carboxylic acids is 2. The monoisotopic (exact) mass is 679 g/mol. The second kappa shape index (κ2) is 15.4. The molecule has 2 saturated heterocycles. The molecule has 260 valence electrons. The van der Waals surface area contributed by atoms with E-state index in [0.29, 0.717) is 35.4 Å². The lowest BCUT2D eigenvalue weighted by Gasteiger charge is -2.63. The van der Waals surface area contributed by atoms with Gasteiger partial charge in [0.15, 0.2) is 0 Å². The summed E-state index contributed by atoms with van der Waals surface area (Å²) in [4.78, 5) is 29.4. The first-order chi connectivity index (χ1) is 22.9. The Morgan fingerprint density at radius 1 is 0.979 bits per heavy atom. The molecular weight excluding hydrogens is 630 g/mol. The van der Waals surface area contributed by atoms with E-state index in [2.05, 4.69) is 66.3 Å². The Kier molecular flexibility index (Phi) is 11.4. The molecule has 2 aromatic rings. The molecule has 0 radical (unpaired) electrons. The second-order valence-corrected chi connectivity index (χ2v) is 14.9. The number of carbonyl (C=O) groups is 2. The minimum absolute atomic E-state index is 0.127. The largest absolute Gasteiger partial charge is 0.489 e. The molecule has 0 aromatic heterocycles. The summed E-state index contributed by atoms with van der Waals surface area (Å²) in [6.07, 6.45) is 4.18. The normalized spacial score (nSPS) is 22.6. The number of esters is 1. The number of nitrogens with one attached hydrogen (secondary N) is 2. The van der Waals surface area contributed by atoms with Crippen molar-refractivity contribution >= 4 is 35.0 Å². The van der Waals surface area contributed by atoms with Gasteiger partial charge in [-0.2, -0.15) is 5.26 Å². The lowest BCUT2D eigenvalue weighted by molar-refractivity contribution is -0.163. The van der Waals surface area contributed by atoms with Gasteiger partial charge in [0.2, 0.25) is 0 Å². The molecule has 1 aliphatic carbocycles. The van der Waals surface area contributed by atoms with E-state index in [9.17, 15) is 9.59 Å². The predicted octanol–water partition coefficient (Wildman–Crippen LogP) is 6.48. The number of hydrogen-bond acceptors (Lipinski definition) is 8. The molecule has 2 aliphatic heterocycles. The van der Waals surface area contributed by atoms with E-state index in [0.717, 1.165) is 69.8 Å². The molecule has 2 amide bonds. The second-order valence-electron chi connectivity index (χ2n) is 14.5. The van der Waals surface area contributed by atoms with Crippen LogP contribution in [0.5, 0.6) is 5.75 Å². The molecule has 2 heterocycles. The number of hydrogen-bond donors (Lipinski definition) is 2. The number of rotatable bonds is 11. The van der Waals surface area contributed by atoms with Crippen LogP contribution in [0.2, 0.25) is 5.02 Å². The van der Waals surface area contributed by atoms with Crippen LogP contribution in [0, 0.1) is 28.1 Å². The zero-order valence-electron chi connectivity index (χ0n) is 28.9. The van der Waals surface area contributed by atoms with Crippen LogP contribution >= 0.6 is 11.6 Å². The van der Waals surface area contributed by atoms with Crippen molar-refractivity contribution in [1.82, 2.24) is 10.2 Å². The Morgan fingerprint density at radius 2 is 1.65 bits per heavy atom. The number of urea groups is 1. The molecule has 0 bridgehead atoms. The number of ether oxygens (including phenoxy) is 3. The van der Waals surface area contributed by atoms with Crippen molar-refractivity contribution in [2.24, 2.45) is 16.7 Å². The minimum atomic E-state index is -0.342. The number of likely N-dealkylation sites (tertiary alicyclic amines) is 1. The number of piperidine rings is 2. The highest BCUT2D eigenvalue weighted by Crippen LogP contribution is 2.55. The number of benzene rings is 2. The first-order valence-corrected chi connectivity index (χ1v) is 17.6. The Balaban J connectivity index is 1.03. The first-order valence-electron chi connectivity index (χ1n) is 17.2. The van der Waals surface area contributed by atoms with Gasteiger partial charge in [-0.3, -0.25) is 9.69 Å². The number of nitriles is 1. The fourth-order valence-corrected chi connectivity index (χ4v) is 8.12. The highest BCUT2D eigenvalue weighted by Gasteiger charge is 2.64. The summed E-state index contributed by atoms with van der Waals surface area (Å²) in [6.45, 7) is 15.5. The Labute approximate surface area is 290 Å². The minimum Gasteiger partial charge on any atom is -0.489 e. The first kappa shape index (κ1) is 35.8. The molecular formula is C37H50ClN5O5. The van der Waals surface area contributed by atoms with Crippen molar-refractivity contribution in [3.05, 3.63) is 53.1 Å². The highest BCUT2D eigenvalue weighted by atomic mass is 35.5. The summed E-state index contributed by atoms with van der Waals surface area (Å²) in [5, 5.41) is 15.7.